The summed E-state index contributed by atoms with van der Waals surface area (Å²) in [6.45, 7) is 5.07. The molecule has 0 radical (unpaired) electrons. The summed E-state index contributed by atoms with van der Waals surface area (Å²) < 4.78 is 1.06. The van der Waals surface area contributed by atoms with E-state index in [2.05, 4.69) is 49.1 Å². The van der Waals surface area contributed by atoms with Crippen LogP contribution in [0.1, 0.15) is 6.92 Å². The lowest BCUT2D eigenvalue weighted by Crippen LogP contribution is -2.49. The van der Waals surface area contributed by atoms with Gasteiger partial charge in [-0.2, -0.15) is 0 Å². The molecule has 104 valence electrons. The van der Waals surface area contributed by atoms with Crippen molar-refractivity contribution in [3.8, 4) is 11.1 Å². The maximum Gasteiger partial charge on any atom is 0.225 e. The van der Waals surface area contributed by atoms with Crippen molar-refractivity contribution in [1.82, 2.24) is 15.3 Å². The largest absolute Gasteiger partial charge is 0.338 e. The summed E-state index contributed by atoms with van der Waals surface area (Å²) in [4.78, 5) is 11.3. The lowest BCUT2D eigenvalue weighted by molar-refractivity contribution is 0.479. The van der Waals surface area contributed by atoms with E-state index in [9.17, 15) is 0 Å². The number of halogens is 1. The number of piperazine rings is 1. The summed E-state index contributed by atoms with van der Waals surface area (Å²) in [5.41, 5.74) is 2.15. The molecule has 1 fully saturated rings. The smallest absolute Gasteiger partial charge is 0.225 e. The molecule has 2 aromatic rings. The van der Waals surface area contributed by atoms with Crippen LogP contribution < -0.4 is 10.2 Å². The number of aromatic nitrogens is 2. The normalized spacial score (nSPS) is 19.1. The maximum atomic E-state index is 4.52. The molecule has 1 saturated heterocycles. The fraction of sp³-hybridized carbons (Fsp3) is 0.333. The highest BCUT2D eigenvalue weighted by Crippen LogP contribution is 2.27. The molecule has 5 heteroatoms. The molecule has 0 amide bonds. The van der Waals surface area contributed by atoms with Crippen LogP contribution in [0.15, 0.2) is 41.1 Å². The van der Waals surface area contributed by atoms with Gasteiger partial charge in [-0.3, -0.25) is 0 Å². The SMILES string of the molecule is CC1CN(c2ncc(-c3ccccc3Br)cn2)CCN1. The molecule has 1 aliphatic heterocycles. The van der Waals surface area contributed by atoms with E-state index in [1.54, 1.807) is 0 Å². The van der Waals surface area contributed by atoms with E-state index < -0.39 is 0 Å². The molecule has 1 aliphatic rings. The third-order valence-electron chi connectivity index (χ3n) is 3.47. The molecule has 1 aromatic carbocycles. The fourth-order valence-corrected chi connectivity index (χ4v) is 2.95. The molecule has 1 N–H and O–H groups in total. The first-order chi connectivity index (χ1) is 9.74. The van der Waals surface area contributed by atoms with Gasteiger partial charge in [0, 0.05) is 48.1 Å². The Labute approximate surface area is 127 Å². The van der Waals surface area contributed by atoms with Crippen molar-refractivity contribution >= 4 is 21.9 Å². The first-order valence-corrected chi connectivity index (χ1v) is 7.58. The quantitative estimate of drug-likeness (QED) is 0.918. The Balaban J connectivity index is 1.83. The van der Waals surface area contributed by atoms with Crippen molar-refractivity contribution in [2.75, 3.05) is 24.5 Å². The second kappa shape index (κ2) is 5.89. The Morgan fingerprint density at radius 3 is 2.70 bits per heavy atom. The first kappa shape index (κ1) is 13.5. The first-order valence-electron chi connectivity index (χ1n) is 6.79. The maximum absolute atomic E-state index is 4.52. The van der Waals surface area contributed by atoms with E-state index in [1.165, 1.54) is 0 Å². The molecule has 0 saturated carbocycles. The van der Waals surface area contributed by atoms with Crippen LogP contribution in [-0.4, -0.2) is 35.6 Å². The summed E-state index contributed by atoms with van der Waals surface area (Å²) in [5.74, 6) is 0.814. The third kappa shape index (κ3) is 2.83. The number of hydrogen-bond acceptors (Lipinski definition) is 4. The zero-order valence-corrected chi connectivity index (χ0v) is 13.0. The summed E-state index contributed by atoms with van der Waals surface area (Å²) in [5, 5.41) is 3.42. The monoisotopic (exact) mass is 332 g/mol. The van der Waals surface area contributed by atoms with Gasteiger partial charge in [0.15, 0.2) is 0 Å². The van der Waals surface area contributed by atoms with Crippen LogP contribution in [0.2, 0.25) is 0 Å². The van der Waals surface area contributed by atoms with Crippen molar-refractivity contribution in [2.24, 2.45) is 0 Å². The molecule has 1 aromatic heterocycles. The average molecular weight is 333 g/mol. The van der Waals surface area contributed by atoms with Gasteiger partial charge in [-0.05, 0) is 18.6 Å². The highest BCUT2D eigenvalue weighted by atomic mass is 79.9. The minimum Gasteiger partial charge on any atom is -0.338 e. The molecule has 1 unspecified atom stereocenters. The van der Waals surface area contributed by atoms with E-state index in [-0.39, 0.29) is 0 Å². The summed E-state index contributed by atoms with van der Waals surface area (Å²) in [6, 6.07) is 8.60. The van der Waals surface area contributed by atoms with Crippen molar-refractivity contribution in [3.63, 3.8) is 0 Å². The van der Waals surface area contributed by atoms with Gasteiger partial charge < -0.3 is 10.2 Å². The van der Waals surface area contributed by atoms with Crippen LogP contribution in [0.5, 0.6) is 0 Å². The van der Waals surface area contributed by atoms with Crippen LogP contribution in [0.25, 0.3) is 11.1 Å². The highest BCUT2D eigenvalue weighted by Gasteiger charge is 2.17. The summed E-state index contributed by atoms with van der Waals surface area (Å²) >= 11 is 3.56. The Kier molecular flexibility index (Phi) is 3.98. The van der Waals surface area contributed by atoms with E-state index in [0.717, 1.165) is 41.2 Å². The molecule has 1 atom stereocenters. The molecular formula is C15H17BrN4. The van der Waals surface area contributed by atoms with Crippen LogP contribution in [0, 0.1) is 0 Å². The fourth-order valence-electron chi connectivity index (χ4n) is 2.43. The Morgan fingerprint density at radius 2 is 2.00 bits per heavy atom. The lowest BCUT2D eigenvalue weighted by atomic mass is 10.1. The van der Waals surface area contributed by atoms with E-state index >= 15 is 0 Å². The summed E-state index contributed by atoms with van der Waals surface area (Å²) in [6.07, 6.45) is 3.80. The molecule has 4 nitrogen and oxygen atoms in total. The molecule has 0 aliphatic carbocycles. The van der Waals surface area contributed by atoms with Gasteiger partial charge in [-0.25, -0.2) is 9.97 Å². The number of nitrogens with zero attached hydrogens (tertiary/aromatic N) is 3. The van der Waals surface area contributed by atoms with E-state index in [4.69, 9.17) is 0 Å². The Hall–Kier alpha value is -1.46. The second-order valence-electron chi connectivity index (χ2n) is 5.05. The van der Waals surface area contributed by atoms with Crippen molar-refractivity contribution in [2.45, 2.75) is 13.0 Å². The summed E-state index contributed by atoms with van der Waals surface area (Å²) in [7, 11) is 0. The Bertz CT molecular complexity index is 585. The number of nitrogens with one attached hydrogen (secondary N) is 1. The number of benzene rings is 1. The second-order valence-corrected chi connectivity index (χ2v) is 5.91. The van der Waals surface area contributed by atoms with Gasteiger partial charge in [0.05, 0.1) is 0 Å². The van der Waals surface area contributed by atoms with Crippen molar-refractivity contribution in [3.05, 3.63) is 41.1 Å². The molecule has 20 heavy (non-hydrogen) atoms. The van der Waals surface area contributed by atoms with Crippen LogP contribution in [0.3, 0.4) is 0 Å². The number of anilines is 1. The molecule has 0 bridgehead atoms. The van der Waals surface area contributed by atoms with Crippen molar-refractivity contribution in [1.29, 1.82) is 0 Å². The van der Waals surface area contributed by atoms with Gasteiger partial charge in [0.2, 0.25) is 5.95 Å². The topological polar surface area (TPSA) is 41.1 Å². The zero-order valence-electron chi connectivity index (χ0n) is 11.4. The third-order valence-corrected chi connectivity index (χ3v) is 4.17. The molecular weight excluding hydrogens is 316 g/mol. The zero-order chi connectivity index (χ0) is 13.9. The Morgan fingerprint density at radius 1 is 1.25 bits per heavy atom. The molecule has 3 rings (SSSR count). The van der Waals surface area contributed by atoms with Gasteiger partial charge in [-0.1, -0.05) is 34.1 Å². The van der Waals surface area contributed by atoms with Crippen molar-refractivity contribution < 1.29 is 0 Å². The number of rotatable bonds is 2. The van der Waals surface area contributed by atoms with Crippen LogP contribution in [0.4, 0.5) is 5.95 Å². The van der Waals surface area contributed by atoms with E-state index in [0.29, 0.717) is 6.04 Å². The minimum absolute atomic E-state index is 0.482. The van der Waals surface area contributed by atoms with Crippen LogP contribution >= 0.6 is 15.9 Å². The van der Waals surface area contributed by atoms with Gasteiger partial charge in [-0.15, -0.1) is 0 Å². The van der Waals surface area contributed by atoms with Gasteiger partial charge in [0.25, 0.3) is 0 Å². The molecule has 0 spiro atoms. The average Bonchev–Trinajstić information content (AvgIpc) is 2.48. The van der Waals surface area contributed by atoms with Crippen LogP contribution in [-0.2, 0) is 0 Å². The van der Waals surface area contributed by atoms with Gasteiger partial charge in [0.1, 0.15) is 0 Å². The standard InChI is InChI=1S/C15H17BrN4/c1-11-10-20(7-6-17-11)15-18-8-12(9-19-15)13-4-2-3-5-14(13)16/h2-5,8-9,11,17H,6-7,10H2,1H3. The molecule has 2 heterocycles. The highest BCUT2D eigenvalue weighted by molar-refractivity contribution is 9.10. The minimum atomic E-state index is 0.482. The predicted octanol–water partition coefficient (Wildman–Crippen LogP) is 2.70. The lowest BCUT2D eigenvalue weighted by Gasteiger charge is -2.31. The predicted molar refractivity (Wildman–Crippen MR) is 84.8 cm³/mol. The van der Waals surface area contributed by atoms with Gasteiger partial charge >= 0.3 is 0 Å². The van der Waals surface area contributed by atoms with E-state index in [1.807, 2.05) is 30.6 Å². The number of hydrogen-bond donors (Lipinski definition) is 1.